The van der Waals surface area contributed by atoms with Gasteiger partial charge in [0.1, 0.15) is 17.1 Å². The van der Waals surface area contributed by atoms with Crippen LogP contribution in [0, 0.1) is 0 Å². The van der Waals surface area contributed by atoms with Gasteiger partial charge in [-0.1, -0.05) is 12.1 Å². The molecule has 1 aliphatic heterocycles. The second-order valence-electron chi connectivity index (χ2n) is 4.92. The third kappa shape index (κ3) is 2.67. The van der Waals surface area contributed by atoms with Crippen LogP contribution in [0.2, 0.25) is 0 Å². The predicted molar refractivity (Wildman–Crippen MR) is 79.1 cm³/mol. The van der Waals surface area contributed by atoms with Crippen LogP contribution in [0.3, 0.4) is 0 Å². The maximum Gasteiger partial charge on any atom is 0.337 e. The van der Waals surface area contributed by atoms with Gasteiger partial charge < -0.3 is 20.3 Å². The molecule has 0 saturated heterocycles. The van der Waals surface area contributed by atoms with Crippen LogP contribution in [0.15, 0.2) is 47.1 Å². The van der Waals surface area contributed by atoms with Gasteiger partial charge in [0, 0.05) is 5.57 Å². The molecule has 3 N–H and O–H groups in total. The van der Waals surface area contributed by atoms with Gasteiger partial charge in [0.05, 0.1) is 13.0 Å². The molecular formula is C16H17NO5. The molecule has 1 aliphatic rings. The normalized spacial score (nSPS) is 18.0. The van der Waals surface area contributed by atoms with Gasteiger partial charge in [-0.25, -0.2) is 4.79 Å². The van der Waals surface area contributed by atoms with E-state index >= 15 is 0 Å². The zero-order valence-electron chi connectivity index (χ0n) is 12.5. The van der Waals surface area contributed by atoms with Gasteiger partial charge >= 0.3 is 5.97 Å². The van der Waals surface area contributed by atoms with Crippen LogP contribution in [-0.2, 0) is 14.3 Å². The van der Waals surface area contributed by atoms with Crippen molar-refractivity contribution >= 4 is 11.8 Å². The number of carboxylic acid groups (broad SMARTS) is 1. The lowest BCUT2D eigenvalue weighted by atomic mass is 9.81. The lowest BCUT2D eigenvalue weighted by Crippen LogP contribution is -2.27. The van der Waals surface area contributed by atoms with E-state index in [0.29, 0.717) is 17.1 Å². The lowest BCUT2D eigenvalue weighted by Gasteiger charge is -2.27. The minimum absolute atomic E-state index is 0.138. The molecule has 6 nitrogen and oxygen atoms in total. The molecular weight excluding hydrogens is 286 g/mol. The van der Waals surface area contributed by atoms with Crippen LogP contribution in [0.5, 0.6) is 5.75 Å². The van der Waals surface area contributed by atoms with Crippen LogP contribution >= 0.6 is 0 Å². The number of Topliss-reactive ketones (excluding diaryl/α,β-unsaturated/α-hetero) is 1. The Morgan fingerprint density at radius 2 is 1.82 bits per heavy atom. The van der Waals surface area contributed by atoms with Crippen molar-refractivity contribution < 1.29 is 24.2 Å². The Labute approximate surface area is 127 Å². The maximum absolute atomic E-state index is 12.0. The van der Waals surface area contributed by atoms with Crippen molar-refractivity contribution in [2.45, 2.75) is 19.8 Å². The first-order chi connectivity index (χ1) is 10.4. The smallest absolute Gasteiger partial charge is 0.337 e. The molecule has 0 bridgehead atoms. The van der Waals surface area contributed by atoms with Gasteiger partial charge in [-0.3, -0.25) is 4.79 Å². The van der Waals surface area contributed by atoms with Crippen LogP contribution in [0.25, 0.3) is 0 Å². The SMILES string of the molecule is COc1ccc(C2C(C(C)=O)=C(C)OC(N)=C2C(=O)O)cc1. The fourth-order valence-electron chi connectivity index (χ4n) is 2.57. The minimum atomic E-state index is -1.22. The highest BCUT2D eigenvalue weighted by Crippen LogP contribution is 2.40. The van der Waals surface area contributed by atoms with Crippen molar-refractivity contribution in [3.8, 4) is 5.75 Å². The number of hydrogen-bond donors (Lipinski definition) is 2. The number of rotatable bonds is 4. The average Bonchev–Trinajstić information content (AvgIpc) is 2.45. The van der Waals surface area contributed by atoms with Gasteiger partial charge in [-0.05, 0) is 31.5 Å². The zero-order valence-corrected chi connectivity index (χ0v) is 12.5. The first-order valence-electron chi connectivity index (χ1n) is 6.63. The van der Waals surface area contributed by atoms with Gasteiger partial charge in [-0.2, -0.15) is 0 Å². The number of aliphatic carboxylic acids is 1. The number of carboxylic acids is 1. The fourth-order valence-corrected chi connectivity index (χ4v) is 2.57. The Kier molecular flexibility index (Phi) is 4.21. The van der Waals surface area contributed by atoms with Crippen molar-refractivity contribution in [2.75, 3.05) is 7.11 Å². The van der Waals surface area contributed by atoms with Crippen LogP contribution in [0.1, 0.15) is 25.3 Å². The molecule has 0 saturated carbocycles. The van der Waals surface area contributed by atoms with Crippen LogP contribution in [-0.4, -0.2) is 24.0 Å². The summed E-state index contributed by atoms with van der Waals surface area (Å²) >= 11 is 0. The molecule has 2 rings (SSSR count). The summed E-state index contributed by atoms with van der Waals surface area (Å²) in [4.78, 5) is 23.5. The summed E-state index contributed by atoms with van der Waals surface area (Å²) in [6, 6.07) is 6.82. The van der Waals surface area contributed by atoms with Crippen LogP contribution < -0.4 is 10.5 Å². The average molecular weight is 303 g/mol. The molecule has 116 valence electrons. The van der Waals surface area contributed by atoms with Crippen molar-refractivity contribution in [3.63, 3.8) is 0 Å². The molecule has 0 radical (unpaired) electrons. The summed E-state index contributed by atoms with van der Waals surface area (Å²) in [6.45, 7) is 2.97. The van der Waals surface area contributed by atoms with Crippen molar-refractivity contribution in [2.24, 2.45) is 5.73 Å². The van der Waals surface area contributed by atoms with E-state index in [1.165, 1.54) is 14.0 Å². The van der Waals surface area contributed by atoms with Gasteiger partial charge in [0.2, 0.25) is 5.88 Å². The van der Waals surface area contributed by atoms with E-state index in [1.54, 1.807) is 31.2 Å². The van der Waals surface area contributed by atoms with Gasteiger partial charge in [0.15, 0.2) is 5.78 Å². The molecule has 0 aromatic heterocycles. The number of carbonyl (C=O) groups excluding carboxylic acids is 1. The third-order valence-corrected chi connectivity index (χ3v) is 3.54. The number of benzene rings is 1. The Morgan fingerprint density at radius 3 is 2.27 bits per heavy atom. The number of allylic oxidation sites excluding steroid dienone is 2. The molecule has 1 heterocycles. The molecule has 0 spiro atoms. The quantitative estimate of drug-likeness (QED) is 0.881. The summed E-state index contributed by atoms with van der Waals surface area (Å²) in [6.07, 6.45) is 0. The Balaban J connectivity index is 2.63. The largest absolute Gasteiger partial charge is 0.497 e. The van der Waals surface area contributed by atoms with E-state index in [1.807, 2.05) is 0 Å². The lowest BCUT2D eigenvalue weighted by molar-refractivity contribution is -0.133. The molecule has 0 amide bonds. The molecule has 22 heavy (non-hydrogen) atoms. The zero-order chi connectivity index (χ0) is 16.4. The Morgan fingerprint density at radius 1 is 1.23 bits per heavy atom. The minimum Gasteiger partial charge on any atom is -0.497 e. The Hall–Kier alpha value is -2.76. The fraction of sp³-hybridized carbons (Fsp3) is 0.250. The van der Waals surface area contributed by atoms with Gasteiger partial charge in [-0.15, -0.1) is 0 Å². The molecule has 1 aromatic rings. The van der Waals surface area contributed by atoms with Crippen molar-refractivity contribution in [3.05, 3.63) is 52.6 Å². The molecule has 1 atom stereocenters. The molecule has 1 aromatic carbocycles. The number of methoxy groups -OCH3 is 1. The van der Waals surface area contributed by atoms with Crippen molar-refractivity contribution in [1.29, 1.82) is 0 Å². The third-order valence-electron chi connectivity index (χ3n) is 3.54. The van der Waals surface area contributed by atoms with E-state index in [2.05, 4.69) is 0 Å². The monoisotopic (exact) mass is 303 g/mol. The predicted octanol–water partition coefficient (Wildman–Crippen LogP) is 1.93. The summed E-state index contributed by atoms with van der Waals surface area (Å²) in [5, 5.41) is 9.45. The van der Waals surface area contributed by atoms with E-state index in [9.17, 15) is 14.7 Å². The second-order valence-corrected chi connectivity index (χ2v) is 4.92. The molecule has 1 unspecified atom stereocenters. The molecule has 0 fully saturated rings. The maximum atomic E-state index is 12.0. The second kappa shape index (κ2) is 5.93. The highest BCUT2D eigenvalue weighted by molar-refractivity contribution is 6.01. The summed E-state index contributed by atoms with van der Waals surface area (Å²) in [5.74, 6) is -1.50. The topological polar surface area (TPSA) is 98.9 Å². The van der Waals surface area contributed by atoms with E-state index < -0.39 is 11.9 Å². The highest BCUT2D eigenvalue weighted by atomic mass is 16.5. The first-order valence-corrected chi connectivity index (χ1v) is 6.63. The number of ether oxygens (including phenoxy) is 2. The van der Waals surface area contributed by atoms with Gasteiger partial charge in [0.25, 0.3) is 0 Å². The standard InChI is InChI=1S/C16H17NO5/c1-8(18)12-9(2)22-15(17)14(16(19)20)13(12)10-4-6-11(21-3)7-5-10/h4-7,13H,17H2,1-3H3,(H,19,20). The summed E-state index contributed by atoms with van der Waals surface area (Å²) < 4.78 is 10.3. The van der Waals surface area contributed by atoms with Crippen molar-refractivity contribution in [1.82, 2.24) is 0 Å². The summed E-state index contributed by atoms with van der Waals surface area (Å²) in [7, 11) is 1.54. The highest BCUT2D eigenvalue weighted by Gasteiger charge is 2.37. The number of ketones is 1. The van der Waals surface area contributed by atoms with E-state index in [4.69, 9.17) is 15.2 Å². The van der Waals surface area contributed by atoms with E-state index in [-0.39, 0.29) is 22.8 Å². The number of carbonyl (C=O) groups is 2. The van der Waals surface area contributed by atoms with Crippen LogP contribution in [0.4, 0.5) is 0 Å². The first kappa shape index (κ1) is 15.6. The van der Waals surface area contributed by atoms with E-state index in [0.717, 1.165) is 0 Å². The Bertz CT molecular complexity index is 649. The molecule has 6 heteroatoms. The number of hydrogen-bond acceptors (Lipinski definition) is 5. The molecule has 0 aliphatic carbocycles. The summed E-state index contributed by atoms with van der Waals surface area (Å²) in [5.41, 5.74) is 6.51. The number of nitrogens with two attached hydrogens (primary N) is 1.